The van der Waals surface area contributed by atoms with Gasteiger partial charge >= 0.3 is 0 Å². The van der Waals surface area contributed by atoms with Crippen LogP contribution >= 0.6 is 12.2 Å². The molecule has 0 aliphatic carbocycles. The summed E-state index contributed by atoms with van der Waals surface area (Å²) in [5.41, 5.74) is 0. The average molecular weight is 178 g/mol. The molecule has 0 rings (SSSR count). The Labute approximate surface area is 74.6 Å². The minimum Gasteiger partial charge on any atom is -0.514 e. The maximum Gasteiger partial charge on any atom is 0.0858 e. The molecule has 0 aromatic rings. The Balaban J connectivity index is 0. The normalized spacial score (nSPS) is 8.10. The summed E-state index contributed by atoms with van der Waals surface area (Å²) in [6.45, 7) is 2.84. The van der Waals surface area contributed by atoms with Crippen molar-refractivity contribution in [3.05, 3.63) is 7.43 Å². The second kappa shape index (κ2) is 8.98. The molecule has 0 fully saturated rings. The molecule has 0 aliphatic rings. The standard InChI is InChI=1S/C6H12OS2.CH3/c1-2-3-4-5-7-6(8)9;/h2-5H2,1H3,(H,8,9);1H3/q;+1/p-1. The molecule has 10 heavy (non-hydrogen) atoms. The van der Waals surface area contributed by atoms with Crippen LogP contribution in [0.2, 0.25) is 0 Å². The van der Waals surface area contributed by atoms with E-state index in [-0.39, 0.29) is 11.8 Å². The minimum atomic E-state index is 0. The van der Waals surface area contributed by atoms with Gasteiger partial charge in [-0.3, -0.25) is 0 Å². The minimum absolute atomic E-state index is 0. The van der Waals surface area contributed by atoms with Crippen molar-refractivity contribution in [3.8, 4) is 0 Å². The van der Waals surface area contributed by atoms with Crippen molar-refractivity contribution in [3.63, 3.8) is 0 Å². The van der Waals surface area contributed by atoms with Gasteiger partial charge < -0.3 is 29.6 Å². The third-order valence-corrected chi connectivity index (χ3v) is 1.20. The van der Waals surface area contributed by atoms with Crippen LogP contribution in [0.25, 0.3) is 0 Å². The molecule has 0 spiro atoms. The Morgan fingerprint density at radius 3 is 2.50 bits per heavy atom. The van der Waals surface area contributed by atoms with E-state index < -0.39 is 0 Å². The number of rotatable bonds is 4. The van der Waals surface area contributed by atoms with Gasteiger partial charge in [0.2, 0.25) is 0 Å². The van der Waals surface area contributed by atoms with Gasteiger partial charge in [0.15, 0.2) is 0 Å². The van der Waals surface area contributed by atoms with E-state index in [1.54, 1.807) is 0 Å². The van der Waals surface area contributed by atoms with Crippen molar-refractivity contribution in [1.82, 2.24) is 0 Å². The van der Waals surface area contributed by atoms with Crippen molar-refractivity contribution in [2.45, 2.75) is 26.2 Å². The number of ether oxygens (including phenoxy) is 1. The Morgan fingerprint density at radius 1 is 1.50 bits per heavy atom. The lowest BCUT2D eigenvalue weighted by atomic mass is 10.3. The van der Waals surface area contributed by atoms with Crippen LogP contribution in [0.5, 0.6) is 0 Å². The van der Waals surface area contributed by atoms with Crippen molar-refractivity contribution < 1.29 is 4.74 Å². The zero-order chi connectivity index (χ0) is 7.11. The Bertz CT molecular complexity index is 83.7. The predicted molar refractivity (Wildman–Crippen MR) is 51.9 cm³/mol. The third-order valence-electron chi connectivity index (χ3n) is 0.968. The maximum absolute atomic E-state index is 4.89. The molecule has 0 aromatic heterocycles. The molecular formula is C7H14OS2. The number of hydrogen-bond acceptors (Lipinski definition) is 3. The largest absolute Gasteiger partial charge is 0.514 e. The second-order valence-corrected chi connectivity index (χ2v) is 2.81. The fraction of sp³-hybridized carbons (Fsp3) is 0.714. The predicted octanol–water partition coefficient (Wildman–Crippen LogP) is 2.48. The molecule has 1 nitrogen and oxygen atoms in total. The summed E-state index contributed by atoms with van der Waals surface area (Å²) >= 11 is 9.08. The number of hydrogen-bond donors (Lipinski definition) is 0. The van der Waals surface area contributed by atoms with Gasteiger partial charge in [-0.15, -0.1) is 0 Å². The molecule has 0 saturated carbocycles. The van der Waals surface area contributed by atoms with Crippen LogP contribution < -0.4 is 0 Å². The third kappa shape index (κ3) is 10.9. The smallest absolute Gasteiger partial charge is 0.0858 e. The Kier molecular flexibility index (Phi) is 11.3. The number of thiocarbonyl (C=S) groups is 1. The van der Waals surface area contributed by atoms with E-state index in [0.717, 1.165) is 6.42 Å². The summed E-state index contributed by atoms with van der Waals surface area (Å²) in [7, 11) is 0. The molecule has 3 heteroatoms. The fourth-order valence-corrected chi connectivity index (χ4v) is 0.674. The molecule has 0 atom stereocenters. The molecular weight excluding hydrogens is 164 g/mol. The summed E-state index contributed by atoms with van der Waals surface area (Å²) < 4.78 is 5.13. The van der Waals surface area contributed by atoms with Crippen molar-refractivity contribution in [1.29, 1.82) is 0 Å². The first-order chi connectivity index (χ1) is 4.27. The highest BCUT2D eigenvalue weighted by molar-refractivity contribution is 7.99. The first kappa shape index (κ1) is 12.6. The lowest BCUT2D eigenvalue weighted by Gasteiger charge is -2.07. The summed E-state index contributed by atoms with van der Waals surface area (Å²) in [5, 5.41) is 0. The van der Waals surface area contributed by atoms with Crippen LogP contribution in [0.15, 0.2) is 0 Å². The molecule has 0 N–H and O–H groups in total. The van der Waals surface area contributed by atoms with Gasteiger partial charge in [-0.2, -0.15) is 0 Å². The van der Waals surface area contributed by atoms with E-state index >= 15 is 0 Å². The molecule has 0 radical (unpaired) electrons. The van der Waals surface area contributed by atoms with Crippen molar-refractivity contribution in [2.24, 2.45) is 0 Å². The first-order valence-corrected chi connectivity index (χ1v) is 3.92. The van der Waals surface area contributed by atoms with E-state index in [0.29, 0.717) is 6.61 Å². The van der Waals surface area contributed by atoms with E-state index in [4.69, 9.17) is 4.74 Å². The van der Waals surface area contributed by atoms with Crippen LogP contribution in [0.3, 0.4) is 0 Å². The molecule has 0 amide bonds. The van der Waals surface area contributed by atoms with Gasteiger partial charge in [-0.05, 0) is 6.42 Å². The van der Waals surface area contributed by atoms with Crippen molar-refractivity contribution in [2.75, 3.05) is 6.61 Å². The van der Waals surface area contributed by atoms with Crippen LogP contribution in [-0.2, 0) is 17.4 Å². The zero-order valence-corrected chi connectivity index (χ0v) is 8.19. The van der Waals surface area contributed by atoms with Crippen LogP contribution in [0.4, 0.5) is 0 Å². The number of unbranched alkanes of at least 4 members (excludes halogenated alkanes) is 2. The molecule has 60 valence electrons. The quantitative estimate of drug-likeness (QED) is 0.283. The highest BCUT2D eigenvalue weighted by atomic mass is 32.1. The summed E-state index contributed by atoms with van der Waals surface area (Å²) in [4.78, 5) is 0. The Hall–Kier alpha value is -0.0200. The highest BCUT2D eigenvalue weighted by Gasteiger charge is 1.83. The monoisotopic (exact) mass is 178 g/mol. The maximum atomic E-state index is 4.89. The molecule has 0 aromatic carbocycles. The van der Waals surface area contributed by atoms with Crippen LogP contribution in [-0.4, -0.2) is 11.0 Å². The summed E-state index contributed by atoms with van der Waals surface area (Å²) in [6.07, 6.45) is 3.46. The highest BCUT2D eigenvalue weighted by Crippen LogP contribution is 1.94. The van der Waals surface area contributed by atoms with E-state index in [9.17, 15) is 0 Å². The van der Waals surface area contributed by atoms with Gasteiger partial charge in [0.25, 0.3) is 0 Å². The van der Waals surface area contributed by atoms with Gasteiger partial charge in [0.1, 0.15) is 0 Å². The van der Waals surface area contributed by atoms with Crippen LogP contribution in [0, 0.1) is 7.43 Å². The summed E-state index contributed by atoms with van der Waals surface area (Å²) in [6, 6.07) is 0. The zero-order valence-electron chi connectivity index (χ0n) is 6.55. The molecule has 0 aliphatic heterocycles. The SMILES string of the molecule is CCCCCOC(=S)[S-].[CH3+]. The lowest BCUT2D eigenvalue weighted by Crippen LogP contribution is -1.98. The Morgan fingerprint density at radius 2 is 2.10 bits per heavy atom. The average Bonchev–Trinajstić information content (AvgIpc) is 1.80. The van der Waals surface area contributed by atoms with E-state index in [1.165, 1.54) is 12.8 Å². The molecule has 0 heterocycles. The van der Waals surface area contributed by atoms with Gasteiger partial charge in [-0.1, -0.05) is 19.8 Å². The van der Waals surface area contributed by atoms with Gasteiger partial charge in [-0.25, -0.2) is 0 Å². The molecule has 0 unspecified atom stereocenters. The van der Waals surface area contributed by atoms with Gasteiger partial charge in [0.05, 0.1) is 6.61 Å². The van der Waals surface area contributed by atoms with Crippen molar-refractivity contribution >= 4 is 29.2 Å². The topological polar surface area (TPSA) is 9.23 Å². The van der Waals surface area contributed by atoms with E-state index in [2.05, 4.69) is 31.8 Å². The second-order valence-electron chi connectivity index (χ2n) is 1.81. The van der Waals surface area contributed by atoms with Gasteiger partial charge in [0, 0.05) is 11.8 Å². The summed E-state index contributed by atoms with van der Waals surface area (Å²) in [5.74, 6) is 0. The molecule has 0 bridgehead atoms. The molecule has 0 saturated heterocycles. The first-order valence-electron chi connectivity index (χ1n) is 3.11. The van der Waals surface area contributed by atoms with E-state index in [1.807, 2.05) is 0 Å². The van der Waals surface area contributed by atoms with Crippen LogP contribution in [0.1, 0.15) is 26.2 Å². The lowest BCUT2D eigenvalue weighted by molar-refractivity contribution is 0.310. The fourth-order valence-electron chi connectivity index (χ4n) is 0.508.